The number of nitriles is 1. The molecule has 1 N–H and O–H groups in total. The van der Waals surface area contributed by atoms with E-state index in [0.717, 1.165) is 51.9 Å². The molecule has 4 nitrogen and oxygen atoms in total. The number of nitrogens with zero attached hydrogens (tertiary/aromatic N) is 1. The molecule has 1 saturated heterocycles. The van der Waals surface area contributed by atoms with Gasteiger partial charge >= 0.3 is 0 Å². The minimum absolute atomic E-state index is 0.293. The van der Waals surface area contributed by atoms with Gasteiger partial charge in [-0.3, -0.25) is 5.32 Å². The van der Waals surface area contributed by atoms with Crippen LogP contribution in [-0.2, 0) is 9.47 Å². The van der Waals surface area contributed by atoms with E-state index in [0.29, 0.717) is 18.6 Å². The fourth-order valence-corrected chi connectivity index (χ4v) is 3.58. The van der Waals surface area contributed by atoms with Crippen LogP contribution in [0.15, 0.2) is 0 Å². The summed E-state index contributed by atoms with van der Waals surface area (Å²) in [5.74, 6) is 0.430. The van der Waals surface area contributed by atoms with Crippen molar-refractivity contribution in [3.05, 3.63) is 0 Å². The largest absolute Gasteiger partial charge is 0.379 e. The predicted octanol–water partition coefficient (Wildman–Crippen LogP) is 2.63. The molecule has 114 valence electrons. The third kappa shape index (κ3) is 3.94. The van der Waals surface area contributed by atoms with Gasteiger partial charge in [-0.2, -0.15) is 5.26 Å². The first kappa shape index (κ1) is 15.8. The standard InChI is InChI=1S/C16H28N2O2/c1-2-18-16(13-17)9-5-6-14(16)8-11-19-12-15-7-3-4-10-20-15/h14-15,18H,2-12H2,1H3. The molecule has 0 amide bonds. The highest BCUT2D eigenvalue weighted by Gasteiger charge is 2.42. The maximum absolute atomic E-state index is 9.51. The lowest BCUT2D eigenvalue weighted by Gasteiger charge is -2.29. The Kier molecular flexibility index (Phi) is 6.28. The van der Waals surface area contributed by atoms with Crippen LogP contribution in [0.1, 0.15) is 51.9 Å². The van der Waals surface area contributed by atoms with Crippen molar-refractivity contribution < 1.29 is 9.47 Å². The predicted molar refractivity (Wildman–Crippen MR) is 78.4 cm³/mol. The minimum atomic E-state index is -0.306. The normalized spacial score (nSPS) is 34.0. The van der Waals surface area contributed by atoms with E-state index in [9.17, 15) is 5.26 Å². The van der Waals surface area contributed by atoms with E-state index < -0.39 is 0 Å². The highest BCUT2D eigenvalue weighted by molar-refractivity contribution is 5.13. The smallest absolute Gasteiger partial charge is 0.109 e. The maximum Gasteiger partial charge on any atom is 0.109 e. The Bertz CT molecular complexity index is 323. The maximum atomic E-state index is 9.51. The topological polar surface area (TPSA) is 54.3 Å². The van der Waals surface area contributed by atoms with E-state index >= 15 is 0 Å². The summed E-state index contributed by atoms with van der Waals surface area (Å²) < 4.78 is 11.4. The summed E-state index contributed by atoms with van der Waals surface area (Å²) in [4.78, 5) is 0. The number of hydrogen-bond donors (Lipinski definition) is 1. The van der Waals surface area contributed by atoms with Gasteiger partial charge < -0.3 is 9.47 Å². The lowest BCUT2D eigenvalue weighted by molar-refractivity contribution is -0.0431. The lowest BCUT2D eigenvalue weighted by atomic mass is 9.86. The van der Waals surface area contributed by atoms with Crippen LogP contribution >= 0.6 is 0 Å². The average Bonchev–Trinajstić information content (AvgIpc) is 2.88. The summed E-state index contributed by atoms with van der Waals surface area (Å²) in [7, 11) is 0. The molecule has 3 atom stereocenters. The second-order valence-corrected chi connectivity index (χ2v) is 6.05. The lowest BCUT2D eigenvalue weighted by Crippen LogP contribution is -2.47. The Morgan fingerprint density at radius 2 is 2.25 bits per heavy atom. The van der Waals surface area contributed by atoms with Crippen molar-refractivity contribution in [2.45, 2.75) is 63.5 Å². The van der Waals surface area contributed by atoms with E-state index in [2.05, 4.69) is 18.3 Å². The molecule has 1 aliphatic heterocycles. The first-order chi connectivity index (χ1) is 9.80. The van der Waals surface area contributed by atoms with Crippen molar-refractivity contribution in [1.29, 1.82) is 5.26 Å². The van der Waals surface area contributed by atoms with E-state index in [1.54, 1.807) is 0 Å². The van der Waals surface area contributed by atoms with Gasteiger partial charge in [-0.05, 0) is 51.0 Å². The number of ether oxygens (including phenoxy) is 2. The first-order valence-electron chi connectivity index (χ1n) is 8.16. The van der Waals surface area contributed by atoms with Gasteiger partial charge in [-0.25, -0.2) is 0 Å². The quantitative estimate of drug-likeness (QED) is 0.728. The second kappa shape index (κ2) is 7.97. The van der Waals surface area contributed by atoms with Gasteiger partial charge in [0.2, 0.25) is 0 Å². The van der Waals surface area contributed by atoms with Gasteiger partial charge in [0.05, 0.1) is 18.8 Å². The van der Waals surface area contributed by atoms with Crippen molar-refractivity contribution >= 4 is 0 Å². The van der Waals surface area contributed by atoms with Gasteiger partial charge in [-0.1, -0.05) is 13.3 Å². The van der Waals surface area contributed by atoms with Crippen molar-refractivity contribution in [1.82, 2.24) is 5.32 Å². The Morgan fingerprint density at radius 1 is 1.35 bits per heavy atom. The third-order valence-corrected chi connectivity index (χ3v) is 4.70. The van der Waals surface area contributed by atoms with Crippen molar-refractivity contribution in [3.8, 4) is 6.07 Å². The van der Waals surface area contributed by atoms with Crippen molar-refractivity contribution in [2.24, 2.45) is 5.92 Å². The van der Waals surface area contributed by atoms with E-state index in [1.165, 1.54) is 12.8 Å². The van der Waals surface area contributed by atoms with Crippen LogP contribution in [0.5, 0.6) is 0 Å². The number of rotatable bonds is 7. The molecule has 0 aromatic heterocycles. The zero-order chi connectivity index (χ0) is 14.3. The van der Waals surface area contributed by atoms with E-state index in [4.69, 9.17) is 9.47 Å². The molecule has 4 heteroatoms. The fraction of sp³-hybridized carbons (Fsp3) is 0.938. The molecule has 2 aliphatic rings. The Balaban J connectivity index is 1.68. The number of nitrogens with one attached hydrogen (secondary N) is 1. The van der Waals surface area contributed by atoms with Gasteiger partial charge in [0, 0.05) is 13.2 Å². The van der Waals surface area contributed by atoms with Gasteiger partial charge in [0.1, 0.15) is 5.54 Å². The Morgan fingerprint density at radius 3 is 2.95 bits per heavy atom. The molecule has 1 saturated carbocycles. The van der Waals surface area contributed by atoms with Gasteiger partial charge in [-0.15, -0.1) is 0 Å². The Labute approximate surface area is 122 Å². The average molecular weight is 280 g/mol. The SMILES string of the molecule is CCNC1(C#N)CCCC1CCOCC1CCCCO1. The summed E-state index contributed by atoms with van der Waals surface area (Å²) in [6.45, 7) is 5.29. The van der Waals surface area contributed by atoms with E-state index in [1.807, 2.05) is 0 Å². The second-order valence-electron chi connectivity index (χ2n) is 6.05. The molecule has 0 spiro atoms. The van der Waals surface area contributed by atoms with Crippen LogP contribution in [-0.4, -0.2) is 38.0 Å². The molecular weight excluding hydrogens is 252 g/mol. The van der Waals surface area contributed by atoms with Gasteiger partial charge in [0.15, 0.2) is 0 Å². The van der Waals surface area contributed by atoms with Crippen molar-refractivity contribution in [3.63, 3.8) is 0 Å². The summed E-state index contributed by atoms with van der Waals surface area (Å²) in [6.07, 6.45) is 8.12. The van der Waals surface area contributed by atoms with Crippen LogP contribution in [0.3, 0.4) is 0 Å². The van der Waals surface area contributed by atoms with Gasteiger partial charge in [0.25, 0.3) is 0 Å². The van der Waals surface area contributed by atoms with Crippen molar-refractivity contribution in [2.75, 3.05) is 26.4 Å². The van der Waals surface area contributed by atoms with Crippen LogP contribution in [0.4, 0.5) is 0 Å². The summed E-state index contributed by atoms with van der Waals surface area (Å²) in [6, 6.07) is 2.53. The summed E-state index contributed by atoms with van der Waals surface area (Å²) in [5, 5.41) is 12.9. The molecule has 0 bridgehead atoms. The summed E-state index contributed by atoms with van der Waals surface area (Å²) in [5.41, 5.74) is -0.306. The molecule has 3 unspecified atom stereocenters. The van der Waals surface area contributed by atoms with Crippen LogP contribution in [0, 0.1) is 17.2 Å². The van der Waals surface area contributed by atoms with Crippen LogP contribution < -0.4 is 5.32 Å². The molecule has 20 heavy (non-hydrogen) atoms. The zero-order valence-electron chi connectivity index (χ0n) is 12.7. The Hall–Kier alpha value is -0.630. The van der Waals surface area contributed by atoms with Crippen LogP contribution in [0.2, 0.25) is 0 Å². The third-order valence-electron chi connectivity index (χ3n) is 4.70. The first-order valence-corrected chi connectivity index (χ1v) is 8.16. The molecule has 2 fully saturated rings. The molecule has 0 aromatic carbocycles. The highest BCUT2D eigenvalue weighted by atomic mass is 16.5. The molecule has 0 radical (unpaired) electrons. The molecular formula is C16H28N2O2. The zero-order valence-corrected chi connectivity index (χ0v) is 12.7. The molecule has 2 rings (SSSR count). The molecule has 0 aromatic rings. The fourth-order valence-electron chi connectivity index (χ4n) is 3.58. The monoisotopic (exact) mass is 280 g/mol. The summed E-state index contributed by atoms with van der Waals surface area (Å²) >= 11 is 0. The number of hydrogen-bond acceptors (Lipinski definition) is 4. The minimum Gasteiger partial charge on any atom is -0.379 e. The molecule has 1 heterocycles. The van der Waals surface area contributed by atoms with E-state index in [-0.39, 0.29) is 5.54 Å². The molecule has 1 aliphatic carbocycles. The van der Waals surface area contributed by atoms with Crippen LogP contribution in [0.25, 0.3) is 0 Å². The highest BCUT2D eigenvalue weighted by Crippen LogP contribution is 2.37.